The van der Waals surface area contributed by atoms with Crippen molar-refractivity contribution in [3.63, 3.8) is 0 Å². The Morgan fingerprint density at radius 3 is 2.19 bits per heavy atom. The Hall–Kier alpha value is -1.99. The average molecular weight is 312 g/mol. The molecule has 0 amide bonds. The van der Waals surface area contributed by atoms with Gasteiger partial charge in [-0.3, -0.25) is 4.72 Å². The molecule has 0 aliphatic rings. The Morgan fingerprint density at radius 1 is 1.00 bits per heavy atom. The van der Waals surface area contributed by atoms with E-state index in [0.29, 0.717) is 18.2 Å². The molecule has 0 heterocycles. The van der Waals surface area contributed by atoms with E-state index in [0.717, 1.165) is 17.7 Å². The van der Waals surface area contributed by atoms with Gasteiger partial charge in [-0.25, -0.2) is 17.2 Å². The fourth-order valence-electron chi connectivity index (χ4n) is 1.77. The summed E-state index contributed by atoms with van der Waals surface area (Å²) in [6.07, 6.45) is 0. The van der Waals surface area contributed by atoms with Crippen LogP contribution in [0, 0.1) is 11.6 Å². The van der Waals surface area contributed by atoms with Crippen LogP contribution in [0.1, 0.15) is 11.1 Å². The van der Waals surface area contributed by atoms with Crippen LogP contribution in [0.4, 0.5) is 14.5 Å². The van der Waals surface area contributed by atoms with E-state index in [2.05, 4.69) is 4.72 Å². The van der Waals surface area contributed by atoms with Gasteiger partial charge in [-0.05, 0) is 23.3 Å². The largest absolute Gasteiger partial charge is 0.326 e. The molecule has 3 N–H and O–H groups in total. The lowest BCUT2D eigenvalue weighted by Gasteiger charge is -2.09. The first-order valence-electron chi connectivity index (χ1n) is 6.13. The van der Waals surface area contributed by atoms with Crippen LogP contribution in [0.5, 0.6) is 0 Å². The molecule has 21 heavy (non-hydrogen) atoms. The molecule has 112 valence electrons. The zero-order valence-corrected chi connectivity index (χ0v) is 11.8. The van der Waals surface area contributed by atoms with Gasteiger partial charge >= 0.3 is 0 Å². The molecule has 0 aliphatic carbocycles. The first-order chi connectivity index (χ1) is 9.89. The van der Waals surface area contributed by atoms with Crippen LogP contribution in [0.25, 0.3) is 0 Å². The van der Waals surface area contributed by atoms with Crippen molar-refractivity contribution in [1.29, 1.82) is 0 Å². The Morgan fingerprint density at radius 2 is 1.62 bits per heavy atom. The minimum atomic E-state index is -3.79. The van der Waals surface area contributed by atoms with Crippen LogP contribution in [0.3, 0.4) is 0 Å². The molecule has 0 unspecified atom stereocenters. The number of halogens is 2. The first-order valence-corrected chi connectivity index (χ1v) is 7.78. The number of anilines is 1. The van der Waals surface area contributed by atoms with Crippen molar-refractivity contribution in [1.82, 2.24) is 0 Å². The van der Waals surface area contributed by atoms with E-state index in [1.807, 2.05) is 0 Å². The summed E-state index contributed by atoms with van der Waals surface area (Å²) in [5.74, 6) is -2.04. The van der Waals surface area contributed by atoms with Crippen molar-refractivity contribution in [2.45, 2.75) is 12.3 Å². The minimum absolute atomic E-state index is 0.282. The van der Waals surface area contributed by atoms with Gasteiger partial charge in [0.1, 0.15) is 11.6 Å². The highest BCUT2D eigenvalue weighted by molar-refractivity contribution is 7.91. The van der Waals surface area contributed by atoms with E-state index >= 15 is 0 Å². The Labute approximate surface area is 121 Å². The van der Waals surface area contributed by atoms with Crippen molar-refractivity contribution < 1.29 is 17.2 Å². The van der Waals surface area contributed by atoms with E-state index in [-0.39, 0.29) is 11.4 Å². The number of nitrogens with two attached hydrogens (primary N) is 1. The van der Waals surface area contributed by atoms with E-state index in [9.17, 15) is 17.2 Å². The molecule has 0 bridgehead atoms. The molecule has 2 rings (SSSR count). The van der Waals surface area contributed by atoms with Gasteiger partial charge in [0.25, 0.3) is 0 Å². The summed E-state index contributed by atoms with van der Waals surface area (Å²) in [4.78, 5) is 0. The third-order valence-corrected chi connectivity index (χ3v) is 4.06. The van der Waals surface area contributed by atoms with E-state index in [1.165, 1.54) is 0 Å². The number of rotatable bonds is 5. The zero-order valence-electron chi connectivity index (χ0n) is 11.0. The molecule has 0 aliphatic heterocycles. The molecule has 0 fully saturated rings. The summed E-state index contributed by atoms with van der Waals surface area (Å²) in [5.41, 5.74) is 6.60. The van der Waals surface area contributed by atoms with Crippen molar-refractivity contribution in [3.8, 4) is 0 Å². The van der Waals surface area contributed by atoms with E-state index < -0.39 is 21.7 Å². The van der Waals surface area contributed by atoms with Crippen LogP contribution >= 0.6 is 0 Å². The second-order valence-corrected chi connectivity index (χ2v) is 6.23. The summed E-state index contributed by atoms with van der Waals surface area (Å²) in [6.45, 7) is 0.367. The topological polar surface area (TPSA) is 72.2 Å². The zero-order chi connectivity index (χ0) is 15.5. The Balaban J connectivity index is 2.14. The van der Waals surface area contributed by atoms with Crippen LogP contribution in [-0.4, -0.2) is 8.42 Å². The Bertz CT molecular complexity index is 731. The Kier molecular flexibility index (Phi) is 4.54. The molecule has 7 heteroatoms. The summed E-state index contributed by atoms with van der Waals surface area (Å²) in [5, 5.41) is 0. The van der Waals surface area contributed by atoms with Crippen LogP contribution in [0.2, 0.25) is 0 Å². The van der Waals surface area contributed by atoms with Gasteiger partial charge in [-0.15, -0.1) is 0 Å². The molecule has 0 aromatic heterocycles. The van der Waals surface area contributed by atoms with Gasteiger partial charge in [-0.2, -0.15) is 0 Å². The predicted molar refractivity (Wildman–Crippen MR) is 76.9 cm³/mol. The molecule has 2 aromatic carbocycles. The summed E-state index contributed by atoms with van der Waals surface area (Å²) < 4.78 is 52.2. The molecular formula is C14H14F2N2O2S. The van der Waals surface area contributed by atoms with Crippen LogP contribution < -0.4 is 10.5 Å². The monoisotopic (exact) mass is 312 g/mol. The normalized spacial score (nSPS) is 11.4. The number of sulfonamides is 1. The highest BCUT2D eigenvalue weighted by Crippen LogP contribution is 2.18. The fourth-order valence-corrected chi connectivity index (χ4v) is 2.97. The maximum absolute atomic E-state index is 13.4. The third kappa shape index (κ3) is 4.24. The highest BCUT2D eigenvalue weighted by Gasteiger charge is 2.14. The van der Waals surface area contributed by atoms with Crippen molar-refractivity contribution >= 4 is 15.7 Å². The number of hydrogen-bond donors (Lipinski definition) is 2. The van der Waals surface area contributed by atoms with Crippen LogP contribution in [-0.2, 0) is 22.3 Å². The molecule has 0 spiro atoms. The van der Waals surface area contributed by atoms with Crippen molar-refractivity contribution in [2.75, 3.05) is 4.72 Å². The maximum Gasteiger partial charge on any atom is 0.237 e. The van der Waals surface area contributed by atoms with E-state index in [1.54, 1.807) is 24.3 Å². The average Bonchev–Trinajstić information content (AvgIpc) is 2.42. The summed E-state index contributed by atoms with van der Waals surface area (Å²) in [6, 6.07) is 9.38. The number of nitrogens with one attached hydrogen (secondary N) is 1. The van der Waals surface area contributed by atoms with Gasteiger partial charge in [0, 0.05) is 12.6 Å². The standard InChI is InChI=1S/C14H14F2N2O2S/c15-12-5-6-14(13(16)7-12)18-21(19,20)9-11-3-1-10(8-17)2-4-11/h1-7,18H,8-9,17H2. The molecule has 0 saturated carbocycles. The number of hydrogen-bond acceptors (Lipinski definition) is 3. The summed E-state index contributed by atoms with van der Waals surface area (Å²) >= 11 is 0. The first kappa shape index (κ1) is 15.4. The molecule has 0 saturated heterocycles. The molecule has 4 nitrogen and oxygen atoms in total. The molecule has 0 radical (unpaired) electrons. The maximum atomic E-state index is 13.4. The van der Waals surface area contributed by atoms with Gasteiger partial charge in [-0.1, -0.05) is 24.3 Å². The van der Waals surface area contributed by atoms with Crippen molar-refractivity contribution in [2.24, 2.45) is 5.73 Å². The molecular weight excluding hydrogens is 298 g/mol. The highest BCUT2D eigenvalue weighted by atomic mass is 32.2. The van der Waals surface area contributed by atoms with Gasteiger partial charge in [0.15, 0.2) is 0 Å². The third-order valence-electron chi connectivity index (χ3n) is 2.81. The lowest BCUT2D eigenvalue weighted by atomic mass is 10.1. The SMILES string of the molecule is NCc1ccc(CS(=O)(=O)Nc2ccc(F)cc2F)cc1. The molecule has 0 atom stereocenters. The molecule has 2 aromatic rings. The lowest BCUT2D eigenvalue weighted by Crippen LogP contribution is -2.16. The van der Waals surface area contributed by atoms with E-state index in [4.69, 9.17) is 5.73 Å². The predicted octanol–water partition coefficient (Wildman–Crippen LogP) is 2.37. The van der Waals surface area contributed by atoms with Gasteiger partial charge < -0.3 is 5.73 Å². The number of benzene rings is 2. The fraction of sp³-hybridized carbons (Fsp3) is 0.143. The smallest absolute Gasteiger partial charge is 0.237 e. The second-order valence-electron chi connectivity index (χ2n) is 4.51. The van der Waals surface area contributed by atoms with Crippen molar-refractivity contribution in [3.05, 3.63) is 65.2 Å². The minimum Gasteiger partial charge on any atom is -0.326 e. The second kappa shape index (κ2) is 6.19. The van der Waals surface area contributed by atoms with Crippen LogP contribution in [0.15, 0.2) is 42.5 Å². The lowest BCUT2D eigenvalue weighted by molar-refractivity contribution is 0.582. The van der Waals surface area contributed by atoms with Gasteiger partial charge in [0.2, 0.25) is 10.0 Å². The van der Waals surface area contributed by atoms with Gasteiger partial charge in [0.05, 0.1) is 11.4 Å². The summed E-state index contributed by atoms with van der Waals surface area (Å²) in [7, 11) is -3.79. The quantitative estimate of drug-likeness (QED) is 0.890.